The van der Waals surface area contributed by atoms with E-state index in [-0.39, 0.29) is 11.8 Å². The number of rotatable bonds is 0. The minimum atomic E-state index is -0.293. The van der Waals surface area contributed by atoms with Crippen molar-refractivity contribution >= 4 is 28.1 Å². The van der Waals surface area contributed by atoms with E-state index in [1.54, 1.807) is 0 Å². The molecule has 118 valence electrons. The van der Waals surface area contributed by atoms with Crippen molar-refractivity contribution < 1.29 is 4.79 Å². The summed E-state index contributed by atoms with van der Waals surface area (Å²) < 4.78 is 0. The number of fused-ring (bicyclic) bond motifs is 10. The topological polar surface area (TPSA) is 36.1 Å². The zero-order valence-corrected chi connectivity index (χ0v) is 13.4. The summed E-state index contributed by atoms with van der Waals surface area (Å²) in [6, 6.07) is 24.2. The maximum atomic E-state index is 13.3. The lowest BCUT2D eigenvalue weighted by Crippen LogP contribution is -2.27. The Labute approximate surface area is 144 Å². The second kappa shape index (κ2) is 4.39. The number of nitrogens with zero attached hydrogens (tertiary/aromatic N) is 1. The number of hydrogen-bond acceptors (Lipinski definition) is 2. The Hall–Kier alpha value is -3.33. The van der Waals surface area contributed by atoms with Crippen molar-refractivity contribution in [3.63, 3.8) is 0 Å². The minimum absolute atomic E-state index is 0.177. The summed E-state index contributed by atoms with van der Waals surface area (Å²) in [6.07, 6.45) is 0. The van der Waals surface area contributed by atoms with Crippen LogP contribution in [0.15, 0.2) is 72.8 Å². The fraction of sp³-hybridized carbons (Fsp3) is 0.0455. The zero-order valence-electron chi connectivity index (χ0n) is 13.4. The van der Waals surface area contributed by atoms with Crippen LogP contribution in [0.2, 0.25) is 0 Å². The Morgan fingerprint density at radius 2 is 1.40 bits per heavy atom. The van der Waals surface area contributed by atoms with Crippen molar-refractivity contribution in [1.29, 1.82) is 0 Å². The Morgan fingerprint density at radius 1 is 0.760 bits per heavy atom. The third-order valence-corrected chi connectivity index (χ3v) is 5.39. The Kier molecular flexibility index (Phi) is 2.29. The van der Waals surface area contributed by atoms with Crippen LogP contribution in [0.3, 0.4) is 0 Å². The van der Waals surface area contributed by atoms with Gasteiger partial charge in [-0.2, -0.15) is 0 Å². The molecule has 0 radical (unpaired) electrons. The molecule has 3 heteroatoms. The Bertz CT molecular complexity index is 1190. The summed E-state index contributed by atoms with van der Waals surface area (Å²) in [5, 5.41) is 1.13. The SMILES string of the molecule is O=C1c2ccccc2N2c3ccccc3-c3[nH]c4ccccc4c3C12. The number of aromatic nitrogens is 1. The van der Waals surface area contributed by atoms with Crippen molar-refractivity contribution in [2.24, 2.45) is 0 Å². The normalized spacial score (nSPS) is 17.2. The number of H-pyrrole nitrogens is 1. The van der Waals surface area contributed by atoms with Gasteiger partial charge >= 0.3 is 0 Å². The molecule has 0 fully saturated rings. The summed E-state index contributed by atoms with van der Waals surface area (Å²) in [5.41, 5.74) is 7.28. The summed E-state index contributed by atoms with van der Waals surface area (Å²) in [6.45, 7) is 0. The first kappa shape index (κ1) is 13.0. The largest absolute Gasteiger partial charge is 0.354 e. The summed E-state index contributed by atoms with van der Waals surface area (Å²) in [4.78, 5) is 19.0. The smallest absolute Gasteiger partial charge is 0.192 e. The second-order valence-electron chi connectivity index (χ2n) is 6.63. The lowest BCUT2D eigenvalue weighted by atomic mass is 9.91. The van der Waals surface area contributed by atoms with Gasteiger partial charge in [-0.1, -0.05) is 48.5 Å². The van der Waals surface area contributed by atoms with E-state index in [0.29, 0.717) is 0 Å². The molecule has 1 aromatic heterocycles. The molecule has 3 nitrogen and oxygen atoms in total. The molecule has 4 aromatic rings. The number of anilines is 2. The highest BCUT2D eigenvalue weighted by Gasteiger charge is 2.45. The van der Waals surface area contributed by atoms with Crippen LogP contribution in [-0.2, 0) is 0 Å². The molecule has 1 unspecified atom stereocenters. The van der Waals surface area contributed by atoms with Crippen LogP contribution in [0.4, 0.5) is 11.4 Å². The van der Waals surface area contributed by atoms with Gasteiger partial charge < -0.3 is 9.88 Å². The van der Waals surface area contributed by atoms with Gasteiger partial charge in [-0.25, -0.2) is 0 Å². The van der Waals surface area contributed by atoms with E-state index in [0.717, 1.165) is 44.7 Å². The maximum Gasteiger partial charge on any atom is 0.192 e. The summed E-state index contributed by atoms with van der Waals surface area (Å²) >= 11 is 0. The van der Waals surface area contributed by atoms with Crippen molar-refractivity contribution in [2.45, 2.75) is 6.04 Å². The van der Waals surface area contributed by atoms with Crippen molar-refractivity contribution in [2.75, 3.05) is 4.90 Å². The van der Waals surface area contributed by atoms with Gasteiger partial charge in [0.1, 0.15) is 6.04 Å². The van der Waals surface area contributed by atoms with E-state index in [1.807, 2.05) is 42.5 Å². The molecule has 0 saturated heterocycles. The lowest BCUT2D eigenvalue weighted by molar-refractivity contribution is 0.0974. The van der Waals surface area contributed by atoms with Crippen molar-refractivity contribution in [3.05, 3.63) is 83.9 Å². The number of ketones is 1. The predicted molar refractivity (Wildman–Crippen MR) is 99.4 cm³/mol. The second-order valence-corrected chi connectivity index (χ2v) is 6.63. The Morgan fingerprint density at radius 3 is 2.24 bits per heavy atom. The maximum absolute atomic E-state index is 13.3. The molecule has 0 bridgehead atoms. The summed E-state index contributed by atoms with van der Waals surface area (Å²) in [7, 11) is 0. The molecular weight excluding hydrogens is 308 g/mol. The monoisotopic (exact) mass is 322 g/mol. The van der Waals surface area contributed by atoms with Crippen LogP contribution in [-0.4, -0.2) is 10.8 Å². The van der Waals surface area contributed by atoms with E-state index in [4.69, 9.17) is 0 Å². The van der Waals surface area contributed by atoms with Crippen LogP contribution >= 0.6 is 0 Å². The molecule has 25 heavy (non-hydrogen) atoms. The van der Waals surface area contributed by atoms with Crippen molar-refractivity contribution in [3.8, 4) is 11.3 Å². The molecule has 6 rings (SSSR count). The number of aromatic amines is 1. The minimum Gasteiger partial charge on any atom is -0.354 e. The van der Waals surface area contributed by atoms with Gasteiger partial charge in [0.05, 0.1) is 17.1 Å². The van der Waals surface area contributed by atoms with Gasteiger partial charge in [0, 0.05) is 27.6 Å². The van der Waals surface area contributed by atoms with Gasteiger partial charge in [-0.05, 0) is 24.3 Å². The van der Waals surface area contributed by atoms with E-state index < -0.39 is 0 Å². The average molecular weight is 322 g/mol. The first-order valence-corrected chi connectivity index (χ1v) is 8.47. The Balaban J connectivity index is 1.78. The molecule has 0 aliphatic carbocycles. The average Bonchev–Trinajstić information content (AvgIpc) is 3.19. The van der Waals surface area contributed by atoms with Crippen LogP contribution in [0.25, 0.3) is 22.2 Å². The standard InChI is InChI=1S/C22H14N2O/c25-22-15-9-3-6-12-18(15)24-17-11-5-2-8-14(17)20-19(21(22)24)13-7-1-4-10-16(13)23-20/h1-12,21,23H. The lowest BCUT2D eigenvalue weighted by Gasteiger charge is -2.33. The highest BCUT2D eigenvalue weighted by atomic mass is 16.1. The molecule has 2 aliphatic heterocycles. The number of nitrogens with one attached hydrogen (secondary N) is 1. The van der Waals surface area contributed by atoms with Crippen LogP contribution in [0.5, 0.6) is 0 Å². The molecule has 0 saturated carbocycles. The fourth-order valence-corrected chi connectivity index (χ4v) is 4.38. The molecule has 3 heterocycles. The number of para-hydroxylation sites is 3. The van der Waals surface area contributed by atoms with Crippen molar-refractivity contribution in [1.82, 2.24) is 4.98 Å². The molecule has 0 amide bonds. The summed E-state index contributed by atoms with van der Waals surface area (Å²) in [5.74, 6) is 0.177. The number of Topliss-reactive ketones (excluding diaryl/α,β-unsaturated/α-hetero) is 1. The van der Waals surface area contributed by atoms with Gasteiger partial charge in [-0.3, -0.25) is 4.79 Å². The van der Waals surface area contributed by atoms with Crippen LogP contribution in [0.1, 0.15) is 22.0 Å². The zero-order chi connectivity index (χ0) is 16.5. The molecule has 2 aliphatic rings. The third-order valence-electron chi connectivity index (χ3n) is 5.39. The quantitative estimate of drug-likeness (QED) is 0.481. The van der Waals surface area contributed by atoms with Crippen LogP contribution in [0, 0.1) is 0 Å². The molecule has 1 N–H and O–H groups in total. The number of benzene rings is 3. The van der Waals surface area contributed by atoms with Gasteiger partial charge in [-0.15, -0.1) is 0 Å². The van der Waals surface area contributed by atoms with E-state index >= 15 is 0 Å². The highest BCUT2D eigenvalue weighted by Crippen LogP contribution is 2.55. The van der Waals surface area contributed by atoms with Crippen LogP contribution < -0.4 is 4.90 Å². The molecule has 0 spiro atoms. The number of hydrogen-bond donors (Lipinski definition) is 1. The molecular formula is C22H14N2O. The molecule has 1 atom stereocenters. The fourth-order valence-electron chi connectivity index (χ4n) is 4.38. The van der Waals surface area contributed by atoms with E-state index in [2.05, 4.69) is 40.2 Å². The van der Waals surface area contributed by atoms with E-state index in [1.165, 1.54) is 0 Å². The van der Waals surface area contributed by atoms with Gasteiger partial charge in [0.2, 0.25) is 0 Å². The number of carbonyl (C=O) groups excluding carboxylic acids is 1. The third kappa shape index (κ3) is 1.48. The highest BCUT2D eigenvalue weighted by molar-refractivity contribution is 6.18. The van der Waals surface area contributed by atoms with Gasteiger partial charge in [0.15, 0.2) is 5.78 Å². The van der Waals surface area contributed by atoms with Gasteiger partial charge in [0.25, 0.3) is 0 Å². The first-order chi connectivity index (χ1) is 12.3. The molecule has 3 aromatic carbocycles. The van der Waals surface area contributed by atoms with E-state index in [9.17, 15) is 4.79 Å². The first-order valence-electron chi connectivity index (χ1n) is 8.47. The number of carbonyl (C=O) groups is 1. The predicted octanol–water partition coefficient (Wildman–Crippen LogP) is 5.22.